The van der Waals surface area contributed by atoms with Crippen molar-refractivity contribution in [2.75, 3.05) is 6.54 Å². The van der Waals surface area contributed by atoms with E-state index in [0.29, 0.717) is 13.0 Å². The largest absolute Gasteiger partial charge is 0.481 e. The minimum absolute atomic E-state index is 0.00323. The second-order valence-electron chi connectivity index (χ2n) is 4.96. The van der Waals surface area contributed by atoms with Crippen molar-refractivity contribution >= 4 is 11.9 Å². The van der Waals surface area contributed by atoms with Crippen LogP contribution in [0.5, 0.6) is 0 Å². The van der Waals surface area contributed by atoms with Crippen molar-refractivity contribution in [3.63, 3.8) is 0 Å². The number of aliphatic carboxylic acids is 1. The third kappa shape index (κ3) is 2.45. The molecular formula is C14H16FNO3. The highest BCUT2D eigenvalue weighted by molar-refractivity contribution is 5.95. The van der Waals surface area contributed by atoms with Gasteiger partial charge in [0.15, 0.2) is 0 Å². The van der Waals surface area contributed by atoms with Crippen molar-refractivity contribution < 1.29 is 19.1 Å². The molecule has 2 atom stereocenters. The Morgan fingerprint density at radius 1 is 1.42 bits per heavy atom. The van der Waals surface area contributed by atoms with Gasteiger partial charge in [-0.3, -0.25) is 9.59 Å². The second-order valence-corrected chi connectivity index (χ2v) is 4.96. The summed E-state index contributed by atoms with van der Waals surface area (Å²) in [6.07, 6.45) is 0.412. The first-order valence-electron chi connectivity index (χ1n) is 6.21. The van der Waals surface area contributed by atoms with Crippen molar-refractivity contribution in [2.45, 2.75) is 26.3 Å². The number of aryl methyl sites for hydroxylation is 1. The fourth-order valence-electron chi connectivity index (χ4n) is 2.50. The van der Waals surface area contributed by atoms with E-state index >= 15 is 0 Å². The molecule has 1 fully saturated rings. The highest BCUT2D eigenvalue weighted by Gasteiger charge is 2.38. The number of amides is 1. The maximum absolute atomic E-state index is 13.8. The van der Waals surface area contributed by atoms with Gasteiger partial charge in [-0.25, -0.2) is 4.39 Å². The van der Waals surface area contributed by atoms with Crippen LogP contribution < -0.4 is 0 Å². The van der Waals surface area contributed by atoms with E-state index in [1.165, 1.54) is 17.0 Å². The second kappa shape index (κ2) is 4.99. The molecule has 1 amide bonds. The lowest BCUT2D eigenvalue weighted by Gasteiger charge is -2.23. The van der Waals surface area contributed by atoms with Crippen LogP contribution in [0.15, 0.2) is 18.2 Å². The first kappa shape index (κ1) is 13.5. The molecule has 1 aliphatic rings. The molecule has 1 aromatic rings. The maximum Gasteiger partial charge on any atom is 0.308 e. The van der Waals surface area contributed by atoms with Gasteiger partial charge in [0.1, 0.15) is 5.82 Å². The molecule has 102 valence electrons. The third-order valence-corrected chi connectivity index (χ3v) is 3.69. The summed E-state index contributed by atoms with van der Waals surface area (Å²) in [5, 5.41) is 9.03. The number of carboxylic acids is 1. The van der Waals surface area contributed by atoms with E-state index in [-0.39, 0.29) is 5.56 Å². The quantitative estimate of drug-likeness (QED) is 0.890. The Balaban J connectivity index is 2.23. The Morgan fingerprint density at radius 2 is 2.11 bits per heavy atom. The van der Waals surface area contributed by atoms with E-state index in [1.54, 1.807) is 19.9 Å². The summed E-state index contributed by atoms with van der Waals surface area (Å²) in [5.41, 5.74) is 0.746. The summed E-state index contributed by atoms with van der Waals surface area (Å²) in [4.78, 5) is 24.7. The topological polar surface area (TPSA) is 57.6 Å². The van der Waals surface area contributed by atoms with Gasteiger partial charge in [-0.1, -0.05) is 6.07 Å². The summed E-state index contributed by atoms with van der Waals surface area (Å²) >= 11 is 0. The van der Waals surface area contributed by atoms with E-state index < -0.39 is 29.7 Å². The van der Waals surface area contributed by atoms with Crippen molar-refractivity contribution in [1.82, 2.24) is 4.90 Å². The minimum Gasteiger partial charge on any atom is -0.481 e. The van der Waals surface area contributed by atoms with Gasteiger partial charge in [0.05, 0.1) is 11.5 Å². The van der Waals surface area contributed by atoms with Gasteiger partial charge < -0.3 is 10.0 Å². The molecule has 19 heavy (non-hydrogen) atoms. The van der Waals surface area contributed by atoms with Gasteiger partial charge in [-0.2, -0.15) is 0 Å². The first-order valence-corrected chi connectivity index (χ1v) is 6.21. The number of hydrogen-bond acceptors (Lipinski definition) is 2. The Hall–Kier alpha value is -1.91. The smallest absolute Gasteiger partial charge is 0.308 e. The minimum atomic E-state index is -0.910. The normalized spacial score (nSPS) is 22.6. The van der Waals surface area contributed by atoms with E-state index in [4.69, 9.17) is 5.11 Å². The third-order valence-electron chi connectivity index (χ3n) is 3.69. The summed E-state index contributed by atoms with van der Waals surface area (Å²) < 4.78 is 13.8. The van der Waals surface area contributed by atoms with Crippen LogP contribution in [0.3, 0.4) is 0 Å². The molecule has 5 heteroatoms. The molecular weight excluding hydrogens is 249 g/mol. The molecule has 0 radical (unpaired) electrons. The van der Waals surface area contributed by atoms with Gasteiger partial charge in [0.2, 0.25) is 0 Å². The number of carbonyl (C=O) groups is 2. The summed E-state index contributed by atoms with van der Waals surface area (Å²) in [6.45, 7) is 3.79. The molecule has 1 aliphatic heterocycles. The molecule has 2 rings (SSSR count). The number of rotatable bonds is 2. The maximum atomic E-state index is 13.8. The lowest BCUT2D eigenvalue weighted by molar-refractivity contribution is -0.142. The van der Waals surface area contributed by atoms with E-state index in [9.17, 15) is 14.0 Å². The number of carboxylic acid groups (broad SMARTS) is 1. The van der Waals surface area contributed by atoms with E-state index in [1.807, 2.05) is 0 Å². The molecule has 1 N–H and O–H groups in total. The monoisotopic (exact) mass is 265 g/mol. The zero-order valence-corrected chi connectivity index (χ0v) is 10.9. The van der Waals surface area contributed by atoms with Crippen molar-refractivity contribution in [1.29, 1.82) is 0 Å². The summed E-state index contributed by atoms with van der Waals surface area (Å²) in [6, 6.07) is 4.02. The molecule has 0 bridgehead atoms. The van der Waals surface area contributed by atoms with Crippen molar-refractivity contribution in [3.05, 3.63) is 35.1 Å². The lowest BCUT2D eigenvalue weighted by Crippen LogP contribution is -2.38. The van der Waals surface area contributed by atoms with E-state index in [0.717, 1.165) is 5.56 Å². The molecule has 4 nitrogen and oxygen atoms in total. The number of carbonyl (C=O) groups excluding carboxylic acids is 1. The predicted octanol–water partition coefficient (Wildman–Crippen LogP) is 2.07. The highest BCUT2D eigenvalue weighted by Crippen LogP contribution is 2.26. The number of hydrogen-bond donors (Lipinski definition) is 1. The van der Waals surface area contributed by atoms with Gasteiger partial charge in [-0.15, -0.1) is 0 Å². The molecule has 2 unspecified atom stereocenters. The first-order chi connectivity index (χ1) is 8.91. The lowest BCUT2D eigenvalue weighted by atomic mass is 10.0. The average molecular weight is 265 g/mol. The molecule has 0 saturated carbocycles. The molecule has 1 saturated heterocycles. The molecule has 0 spiro atoms. The fourth-order valence-corrected chi connectivity index (χ4v) is 2.50. The van der Waals surface area contributed by atoms with Gasteiger partial charge in [0.25, 0.3) is 5.91 Å². The Morgan fingerprint density at radius 3 is 2.63 bits per heavy atom. The SMILES string of the molecule is Cc1ccc(C(=O)N2CCC(C(=O)O)C2C)c(F)c1. The average Bonchev–Trinajstić information content (AvgIpc) is 2.70. The fraction of sp³-hybridized carbons (Fsp3) is 0.429. The highest BCUT2D eigenvalue weighted by atomic mass is 19.1. The van der Waals surface area contributed by atoms with Gasteiger partial charge in [0, 0.05) is 12.6 Å². The zero-order chi connectivity index (χ0) is 14.2. The van der Waals surface area contributed by atoms with Gasteiger partial charge in [-0.05, 0) is 38.0 Å². The molecule has 1 heterocycles. The van der Waals surface area contributed by atoms with Crippen molar-refractivity contribution in [2.24, 2.45) is 5.92 Å². The Bertz CT molecular complexity index is 529. The number of halogens is 1. The number of likely N-dealkylation sites (tertiary alicyclic amines) is 1. The van der Waals surface area contributed by atoms with Crippen LogP contribution >= 0.6 is 0 Å². The summed E-state index contributed by atoms with van der Waals surface area (Å²) in [5.74, 6) is -2.48. The van der Waals surface area contributed by atoms with Crippen LogP contribution in [-0.2, 0) is 4.79 Å². The van der Waals surface area contributed by atoms with E-state index in [2.05, 4.69) is 0 Å². The molecule has 1 aromatic carbocycles. The molecule has 0 aromatic heterocycles. The van der Waals surface area contributed by atoms with Crippen LogP contribution in [0.25, 0.3) is 0 Å². The number of benzene rings is 1. The predicted molar refractivity (Wildman–Crippen MR) is 67.4 cm³/mol. The van der Waals surface area contributed by atoms with Crippen molar-refractivity contribution in [3.8, 4) is 0 Å². The van der Waals surface area contributed by atoms with Crippen LogP contribution in [-0.4, -0.2) is 34.5 Å². The van der Waals surface area contributed by atoms with Gasteiger partial charge >= 0.3 is 5.97 Å². The summed E-state index contributed by atoms with van der Waals surface area (Å²) in [7, 11) is 0. The Kier molecular flexibility index (Phi) is 3.55. The van der Waals surface area contributed by atoms with Crippen LogP contribution in [0.1, 0.15) is 29.3 Å². The standard InChI is InChI=1S/C14H16FNO3/c1-8-3-4-11(12(15)7-8)13(17)16-6-5-10(9(16)2)14(18)19/h3-4,7,9-10H,5-6H2,1-2H3,(H,18,19). The van der Waals surface area contributed by atoms with Crippen LogP contribution in [0.4, 0.5) is 4.39 Å². The Labute approximate surface area is 110 Å². The molecule has 0 aliphatic carbocycles. The van der Waals surface area contributed by atoms with Crippen LogP contribution in [0.2, 0.25) is 0 Å². The number of nitrogens with zero attached hydrogens (tertiary/aromatic N) is 1. The zero-order valence-electron chi connectivity index (χ0n) is 10.9. The van der Waals surface area contributed by atoms with Crippen LogP contribution in [0, 0.1) is 18.7 Å².